The molecule has 16 heavy (non-hydrogen) atoms. The van der Waals surface area contributed by atoms with Gasteiger partial charge < -0.3 is 0 Å². The molecule has 0 aliphatic rings. The molecule has 2 aromatic rings. The van der Waals surface area contributed by atoms with Gasteiger partial charge >= 0.3 is 103 Å². The van der Waals surface area contributed by atoms with Gasteiger partial charge in [-0.05, 0) is 0 Å². The summed E-state index contributed by atoms with van der Waals surface area (Å²) < 4.78 is 1.60. The number of rotatable bonds is 5. The number of aromatic nitrogens is 2. The molecule has 1 unspecified atom stereocenters. The molecule has 2 rings (SSSR count). The first-order valence-corrected chi connectivity index (χ1v) is 8.03. The zero-order valence-electron chi connectivity index (χ0n) is 8.65. The number of nitrogens with zero attached hydrogens (tertiary/aromatic N) is 1. The van der Waals surface area contributed by atoms with E-state index in [0.29, 0.717) is 0 Å². The van der Waals surface area contributed by atoms with Crippen molar-refractivity contribution in [2.24, 2.45) is 0 Å². The predicted molar refractivity (Wildman–Crippen MR) is 57.8 cm³/mol. The molecule has 0 aromatic carbocycles. The van der Waals surface area contributed by atoms with Crippen LogP contribution in [0.15, 0.2) is 24.5 Å². The SMILES string of the molecule is OC[CH2][Au][CH2]C(O)c1c[nH]c2ncccc12. The summed E-state index contributed by atoms with van der Waals surface area (Å²) >= 11 is -0.00413. The summed E-state index contributed by atoms with van der Waals surface area (Å²) in [5.41, 5.74) is 1.73. The zero-order valence-corrected chi connectivity index (χ0v) is 10.8. The van der Waals surface area contributed by atoms with Gasteiger partial charge in [0.05, 0.1) is 0 Å². The van der Waals surface area contributed by atoms with Crippen LogP contribution in [0, 0.1) is 0 Å². The van der Waals surface area contributed by atoms with Crippen molar-refractivity contribution in [1.82, 2.24) is 9.97 Å². The van der Waals surface area contributed by atoms with Crippen LogP contribution in [0.1, 0.15) is 11.7 Å². The first-order chi connectivity index (χ1) is 7.83. The van der Waals surface area contributed by atoms with Gasteiger partial charge in [-0.15, -0.1) is 0 Å². The van der Waals surface area contributed by atoms with E-state index in [9.17, 15) is 5.11 Å². The molecule has 3 N–H and O–H groups in total. The molecular formula is C11H14AuN2O2. The summed E-state index contributed by atoms with van der Waals surface area (Å²) in [5.74, 6) is 0. The fourth-order valence-electron chi connectivity index (χ4n) is 1.51. The van der Waals surface area contributed by atoms with Crippen LogP contribution in [0.3, 0.4) is 0 Å². The van der Waals surface area contributed by atoms with Gasteiger partial charge in [-0.25, -0.2) is 0 Å². The number of aliphatic hydroxyl groups excluding tert-OH is 2. The van der Waals surface area contributed by atoms with Gasteiger partial charge in [0, 0.05) is 0 Å². The molecule has 0 aliphatic carbocycles. The second-order valence-corrected chi connectivity index (χ2v) is 6.36. The van der Waals surface area contributed by atoms with Crippen molar-refractivity contribution in [2.75, 3.05) is 6.61 Å². The Morgan fingerprint density at radius 1 is 1.50 bits per heavy atom. The maximum atomic E-state index is 10.0. The Kier molecular flexibility index (Phi) is 4.15. The monoisotopic (exact) mass is 403 g/mol. The van der Waals surface area contributed by atoms with Gasteiger partial charge in [0.15, 0.2) is 0 Å². The van der Waals surface area contributed by atoms with Gasteiger partial charge in [0.2, 0.25) is 0 Å². The Hall–Kier alpha value is -0.650. The second-order valence-electron chi connectivity index (χ2n) is 3.31. The molecule has 0 bridgehead atoms. The number of aromatic amines is 1. The Morgan fingerprint density at radius 2 is 2.38 bits per heavy atom. The number of fused-ring (bicyclic) bond motifs is 1. The predicted octanol–water partition coefficient (Wildman–Crippen LogP) is 1.51. The third kappa shape index (κ3) is 2.53. The molecule has 0 saturated heterocycles. The minimum absolute atomic E-state index is 0.00413. The third-order valence-corrected chi connectivity index (χ3v) is 4.93. The van der Waals surface area contributed by atoms with Crippen LogP contribution in [-0.4, -0.2) is 26.8 Å². The Labute approximate surface area is 103 Å². The first kappa shape index (κ1) is 11.8. The Bertz CT molecular complexity index is 458. The quantitative estimate of drug-likeness (QED) is 0.524. The summed E-state index contributed by atoms with van der Waals surface area (Å²) in [4.78, 5) is 7.23. The number of pyridine rings is 1. The van der Waals surface area contributed by atoms with Gasteiger partial charge in [-0.1, -0.05) is 0 Å². The van der Waals surface area contributed by atoms with Crippen LogP contribution in [0.5, 0.6) is 0 Å². The van der Waals surface area contributed by atoms with Crippen molar-refractivity contribution < 1.29 is 30.0 Å². The van der Waals surface area contributed by atoms with E-state index in [2.05, 4.69) is 9.97 Å². The number of nitrogens with one attached hydrogen (secondary N) is 1. The summed E-state index contributed by atoms with van der Waals surface area (Å²) in [6.07, 6.45) is 3.11. The second kappa shape index (κ2) is 5.61. The van der Waals surface area contributed by atoms with Crippen LogP contribution >= 0.6 is 0 Å². The van der Waals surface area contributed by atoms with Gasteiger partial charge in [-0.3, -0.25) is 0 Å². The number of H-pyrrole nitrogens is 1. The summed E-state index contributed by atoms with van der Waals surface area (Å²) in [6, 6.07) is 3.83. The van der Waals surface area contributed by atoms with Crippen molar-refractivity contribution >= 4 is 11.0 Å². The molecular weight excluding hydrogens is 389 g/mol. The summed E-state index contributed by atoms with van der Waals surface area (Å²) in [7, 11) is 0. The Balaban J connectivity index is 2.13. The first-order valence-electron chi connectivity index (χ1n) is 4.96. The van der Waals surface area contributed by atoms with Crippen LogP contribution in [0.4, 0.5) is 0 Å². The average Bonchev–Trinajstić information content (AvgIpc) is 2.73. The molecule has 2 heterocycles. The topological polar surface area (TPSA) is 69.1 Å². The molecule has 5 heteroatoms. The molecule has 4 nitrogen and oxygen atoms in total. The fourth-order valence-corrected chi connectivity index (χ4v) is 3.36. The van der Waals surface area contributed by atoms with E-state index in [1.54, 1.807) is 6.20 Å². The summed E-state index contributed by atoms with van der Waals surface area (Å²) in [6.45, 7) is 0.226. The van der Waals surface area contributed by atoms with Crippen molar-refractivity contribution in [3.63, 3.8) is 0 Å². The van der Waals surface area contributed by atoms with E-state index in [0.717, 1.165) is 25.9 Å². The van der Waals surface area contributed by atoms with Gasteiger partial charge in [0.1, 0.15) is 0 Å². The van der Waals surface area contributed by atoms with Crippen LogP contribution in [0.2, 0.25) is 9.28 Å². The van der Waals surface area contributed by atoms with Gasteiger partial charge in [0.25, 0.3) is 0 Å². The average molecular weight is 403 g/mol. The van der Waals surface area contributed by atoms with E-state index >= 15 is 0 Å². The van der Waals surface area contributed by atoms with E-state index < -0.39 is 6.10 Å². The molecule has 0 aliphatic heterocycles. The molecule has 0 spiro atoms. The number of aliphatic hydroxyl groups is 2. The van der Waals surface area contributed by atoms with Crippen LogP contribution < -0.4 is 0 Å². The van der Waals surface area contributed by atoms with Crippen LogP contribution in [0.25, 0.3) is 11.0 Å². The van der Waals surface area contributed by atoms with E-state index in [-0.39, 0.29) is 26.4 Å². The van der Waals surface area contributed by atoms with E-state index in [4.69, 9.17) is 5.11 Å². The third-order valence-electron chi connectivity index (χ3n) is 2.22. The molecule has 0 radical (unpaired) electrons. The van der Waals surface area contributed by atoms with E-state index in [1.165, 1.54) is 0 Å². The molecule has 2 aromatic heterocycles. The molecule has 91 valence electrons. The standard InChI is InChI=1S/C9H9N2O.C2H5O.Au/c1-6(12)8-5-11-9-7(8)3-2-4-10-9;1-2-3;/h2-6,12H,1H2,(H,10,11);3H,1-2H2;. The van der Waals surface area contributed by atoms with Crippen molar-refractivity contribution in [3.8, 4) is 0 Å². The maximum absolute atomic E-state index is 10.0. The minimum atomic E-state index is -0.439. The number of hydrogen-bond acceptors (Lipinski definition) is 3. The fraction of sp³-hybridized carbons (Fsp3) is 0.364. The van der Waals surface area contributed by atoms with E-state index in [1.807, 2.05) is 18.3 Å². The van der Waals surface area contributed by atoms with Gasteiger partial charge in [-0.2, -0.15) is 0 Å². The zero-order chi connectivity index (χ0) is 11.4. The van der Waals surface area contributed by atoms with Crippen LogP contribution in [-0.2, 0) is 19.8 Å². The number of hydrogen-bond donors (Lipinski definition) is 3. The normalized spacial score (nSPS) is 13.4. The molecule has 0 saturated carbocycles. The van der Waals surface area contributed by atoms with Crippen molar-refractivity contribution in [2.45, 2.75) is 15.4 Å². The van der Waals surface area contributed by atoms with Crippen molar-refractivity contribution in [1.29, 1.82) is 0 Å². The summed E-state index contributed by atoms with van der Waals surface area (Å²) in [5, 5.41) is 19.7. The molecule has 0 amide bonds. The molecule has 0 fully saturated rings. The molecule has 1 atom stereocenters. The Morgan fingerprint density at radius 3 is 3.19 bits per heavy atom. The van der Waals surface area contributed by atoms with Crippen molar-refractivity contribution in [3.05, 3.63) is 30.1 Å².